The van der Waals surface area contributed by atoms with Crippen LogP contribution in [0.3, 0.4) is 0 Å². The van der Waals surface area contributed by atoms with E-state index < -0.39 is 0 Å². The van der Waals surface area contributed by atoms with Crippen LogP contribution >= 0.6 is 11.6 Å². The molecule has 6 heteroatoms. The average molecular weight is 277 g/mol. The summed E-state index contributed by atoms with van der Waals surface area (Å²) in [6, 6.07) is 7.67. The van der Waals surface area contributed by atoms with Crippen molar-refractivity contribution in [1.82, 2.24) is 14.8 Å². The first-order valence-corrected chi connectivity index (χ1v) is 6.43. The zero-order chi connectivity index (χ0) is 13.4. The van der Waals surface area contributed by atoms with Gasteiger partial charge in [-0.3, -0.25) is 10.1 Å². The number of amides is 1. The van der Waals surface area contributed by atoms with E-state index in [2.05, 4.69) is 15.5 Å². The lowest BCUT2D eigenvalue weighted by Crippen LogP contribution is -2.17. The van der Waals surface area contributed by atoms with Crippen molar-refractivity contribution >= 4 is 23.5 Å². The van der Waals surface area contributed by atoms with Gasteiger partial charge in [0, 0.05) is 18.0 Å². The molecular formula is C13H13ClN4O. The first-order valence-electron chi connectivity index (χ1n) is 6.05. The highest BCUT2D eigenvalue weighted by Crippen LogP contribution is 2.48. The van der Waals surface area contributed by atoms with Crippen LogP contribution < -0.4 is 5.32 Å². The summed E-state index contributed by atoms with van der Waals surface area (Å²) in [5, 5.41) is 11.1. The number of aromatic nitrogens is 3. The maximum atomic E-state index is 12.1. The first kappa shape index (κ1) is 12.2. The molecule has 1 heterocycles. The number of nitrogens with one attached hydrogen (secondary N) is 1. The fourth-order valence-electron chi connectivity index (χ4n) is 2.19. The fraction of sp³-hybridized carbons (Fsp3) is 0.308. The third-order valence-corrected chi connectivity index (χ3v) is 3.59. The average Bonchev–Trinajstić information content (AvgIpc) is 3.09. The maximum Gasteiger partial charge on any atom is 0.230 e. The molecule has 2 atom stereocenters. The van der Waals surface area contributed by atoms with Crippen LogP contribution in [0, 0.1) is 5.92 Å². The molecule has 0 bridgehead atoms. The van der Waals surface area contributed by atoms with Crippen LogP contribution in [0.2, 0.25) is 5.02 Å². The smallest absolute Gasteiger partial charge is 0.230 e. The summed E-state index contributed by atoms with van der Waals surface area (Å²) >= 11 is 5.96. The maximum absolute atomic E-state index is 12.1. The van der Waals surface area contributed by atoms with Gasteiger partial charge in [-0.25, -0.2) is 0 Å². The SMILES string of the molecule is Cn1cnnc1NC(=O)[C@H]1C[C@H]1c1cccc(Cl)c1. The number of aryl methyl sites for hydroxylation is 1. The van der Waals surface area contributed by atoms with Gasteiger partial charge in [0.15, 0.2) is 0 Å². The van der Waals surface area contributed by atoms with Crippen molar-refractivity contribution in [2.75, 3.05) is 5.32 Å². The van der Waals surface area contributed by atoms with Gasteiger partial charge >= 0.3 is 0 Å². The normalized spacial score (nSPS) is 21.2. The molecular weight excluding hydrogens is 264 g/mol. The molecule has 5 nitrogen and oxygen atoms in total. The molecule has 1 aromatic heterocycles. The molecule has 1 aliphatic carbocycles. The van der Waals surface area contributed by atoms with Gasteiger partial charge in [-0.1, -0.05) is 23.7 Å². The monoisotopic (exact) mass is 276 g/mol. The Morgan fingerprint density at radius 2 is 2.37 bits per heavy atom. The van der Waals surface area contributed by atoms with E-state index in [4.69, 9.17) is 11.6 Å². The van der Waals surface area contributed by atoms with Crippen LogP contribution in [0.1, 0.15) is 17.9 Å². The summed E-state index contributed by atoms with van der Waals surface area (Å²) in [7, 11) is 1.79. The van der Waals surface area contributed by atoms with Gasteiger partial charge < -0.3 is 4.57 Å². The van der Waals surface area contributed by atoms with Gasteiger partial charge in [0.05, 0.1) is 0 Å². The highest BCUT2D eigenvalue weighted by atomic mass is 35.5. The van der Waals surface area contributed by atoms with Gasteiger partial charge in [0.1, 0.15) is 6.33 Å². The van der Waals surface area contributed by atoms with Gasteiger partial charge in [-0.15, -0.1) is 10.2 Å². The lowest BCUT2D eigenvalue weighted by molar-refractivity contribution is -0.117. The predicted molar refractivity (Wildman–Crippen MR) is 71.9 cm³/mol. The van der Waals surface area contributed by atoms with Gasteiger partial charge in [0.2, 0.25) is 11.9 Å². The Hall–Kier alpha value is -1.88. The molecule has 1 amide bonds. The largest absolute Gasteiger partial charge is 0.303 e. The summed E-state index contributed by atoms with van der Waals surface area (Å²) in [6.07, 6.45) is 2.40. The Labute approximate surface area is 115 Å². The van der Waals surface area contributed by atoms with E-state index in [1.54, 1.807) is 17.9 Å². The van der Waals surface area contributed by atoms with Gasteiger partial charge in [0.25, 0.3) is 0 Å². The standard InChI is InChI=1S/C13H13ClN4O/c1-18-7-15-17-13(18)16-12(19)11-6-10(11)8-3-2-4-9(14)5-8/h2-5,7,10-11H,6H2,1H3,(H,16,17,19)/t10-,11-/m0/s1. The number of benzene rings is 1. The highest BCUT2D eigenvalue weighted by molar-refractivity contribution is 6.30. The minimum atomic E-state index is -0.0129. The van der Waals surface area contributed by atoms with Gasteiger partial charge in [-0.2, -0.15) is 0 Å². The van der Waals surface area contributed by atoms with Crippen molar-refractivity contribution in [2.24, 2.45) is 13.0 Å². The number of anilines is 1. The quantitative estimate of drug-likeness (QED) is 0.935. The minimum Gasteiger partial charge on any atom is -0.303 e. The second-order valence-electron chi connectivity index (χ2n) is 4.76. The van der Waals surface area contributed by atoms with Crippen molar-refractivity contribution in [1.29, 1.82) is 0 Å². The van der Waals surface area contributed by atoms with Crippen LogP contribution in [0.15, 0.2) is 30.6 Å². The zero-order valence-corrected chi connectivity index (χ0v) is 11.1. The molecule has 1 saturated carbocycles. The molecule has 19 heavy (non-hydrogen) atoms. The van der Waals surface area contributed by atoms with Crippen molar-refractivity contribution in [3.63, 3.8) is 0 Å². The van der Waals surface area contributed by atoms with Crippen LogP contribution in [0.25, 0.3) is 0 Å². The summed E-state index contributed by atoms with van der Waals surface area (Å²) in [5.41, 5.74) is 1.12. The van der Waals surface area contributed by atoms with Crippen molar-refractivity contribution in [3.05, 3.63) is 41.2 Å². The zero-order valence-electron chi connectivity index (χ0n) is 10.4. The number of carbonyl (C=O) groups excluding carboxylic acids is 1. The number of rotatable bonds is 3. The number of hydrogen-bond donors (Lipinski definition) is 1. The van der Waals surface area contributed by atoms with Crippen LogP contribution in [0.4, 0.5) is 5.95 Å². The van der Waals surface area contributed by atoms with E-state index >= 15 is 0 Å². The highest BCUT2D eigenvalue weighted by Gasteiger charge is 2.44. The summed E-state index contributed by atoms with van der Waals surface area (Å²) in [4.78, 5) is 12.1. The van der Waals surface area contributed by atoms with Crippen molar-refractivity contribution < 1.29 is 4.79 Å². The van der Waals surface area contributed by atoms with E-state index in [1.165, 1.54) is 0 Å². The second-order valence-corrected chi connectivity index (χ2v) is 5.19. The molecule has 1 fully saturated rings. The summed E-state index contributed by atoms with van der Waals surface area (Å²) in [6.45, 7) is 0. The third kappa shape index (κ3) is 2.46. The Morgan fingerprint density at radius 3 is 3.05 bits per heavy atom. The van der Waals surface area contributed by atoms with Gasteiger partial charge in [-0.05, 0) is 30.0 Å². The Bertz CT molecular complexity index is 625. The van der Waals surface area contributed by atoms with Crippen LogP contribution in [-0.4, -0.2) is 20.7 Å². The number of halogens is 1. The molecule has 3 rings (SSSR count). The molecule has 1 N–H and O–H groups in total. The molecule has 1 aromatic carbocycles. The van der Waals surface area contributed by atoms with Crippen molar-refractivity contribution in [2.45, 2.75) is 12.3 Å². The molecule has 1 aliphatic rings. The van der Waals surface area contributed by atoms with Crippen LogP contribution in [0.5, 0.6) is 0 Å². The third-order valence-electron chi connectivity index (χ3n) is 3.35. The fourth-order valence-corrected chi connectivity index (χ4v) is 2.39. The summed E-state index contributed by atoms with van der Waals surface area (Å²) in [5.74, 6) is 0.713. The van der Waals surface area contributed by atoms with E-state index in [9.17, 15) is 4.79 Å². The van der Waals surface area contributed by atoms with Crippen LogP contribution in [-0.2, 0) is 11.8 Å². The van der Waals surface area contributed by atoms with E-state index in [1.807, 2.05) is 24.3 Å². The lowest BCUT2D eigenvalue weighted by atomic mass is 10.1. The first-order chi connectivity index (χ1) is 9.15. The number of hydrogen-bond acceptors (Lipinski definition) is 3. The predicted octanol–water partition coefficient (Wildman–Crippen LogP) is 2.21. The number of nitrogens with zero attached hydrogens (tertiary/aromatic N) is 3. The topological polar surface area (TPSA) is 59.8 Å². The lowest BCUT2D eigenvalue weighted by Gasteiger charge is -2.04. The summed E-state index contributed by atoms with van der Waals surface area (Å²) < 4.78 is 1.68. The number of carbonyl (C=O) groups is 1. The molecule has 98 valence electrons. The molecule has 0 radical (unpaired) electrons. The molecule has 2 aromatic rings. The Balaban J connectivity index is 1.66. The molecule has 0 spiro atoms. The molecule has 0 saturated heterocycles. The van der Waals surface area contributed by atoms with Crippen molar-refractivity contribution in [3.8, 4) is 0 Å². The second kappa shape index (κ2) is 4.66. The van der Waals surface area contributed by atoms with E-state index in [0.717, 1.165) is 12.0 Å². The van der Waals surface area contributed by atoms with E-state index in [-0.39, 0.29) is 17.7 Å². The Morgan fingerprint density at radius 1 is 1.53 bits per heavy atom. The molecule has 0 aliphatic heterocycles. The van der Waals surface area contributed by atoms with E-state index in [0.29, 0.717) is 11.0 Å². The molecule has 0 unspecified atom stereocenters. The minimum absolute atomic E-state index is 0.00448. The Kier molecular flexibility index (Phi) is 2.98.